The number of hydrogen-bond acceptors (Lipinski definition) is 2. The maximum absolute atomic E-state index is 12.7. The Morgan fingerprint density at radius 2 is 1.65 bits per heavy atom. The highest BCUT2D eigenvalue weighted by Crippen LogP contribution is 2.35. The van der Waals surface area contributed by atoms with Crippen molar-refractivity contribution in [1.29, 1.82) is 0 Å². The second kappa shape index (κ2) is 9.00. The molecule has 0 N–H and O–H groups in total. The number of benzene rings is 2. The normalized spacial score (nSPS) is 19.9. The lowest BCUT2D eigenvalue weighted by molar-refractivity contribution is -0.139. The van der Waals surface area contributed by atoms with Crippen LogP contribution in [0.1, 0.15) is 48.3 Å². The van der Waals surface area contributed by atoms with Crippen LogP contribution in [0.2, 0.25) is 0 Å². The molecule has 1 fully saturated rings. The van der Waals surface area contributed by atoms with Crippen LogP contribution in [-0.2, 0) is 16.1 Å². The van der Waals surface area contributed by atoms with E-state index in [1.807, 2.05) is 17.0 Å². The Kier molecular flexibility index (Phi) is 6.45. The summed E-state index contributed by atoms with van der Waals surface area (Å²) < 4.78 is 5.14. The highest BCUT2D eigenvalue weighted by molar-refractivity contribution is 5.77. The van der Waals surface area contributed by atoms with Gasteiger partial charge in [-0.25, -0.2) is 0 Å². The molecule has 0 saturated heterocycles. The van der Waals surface area contributed by atoms with Gasteiger partial charge < -0.3 is 9.64 Å². The Morgan fingerprint density at radius 3 is 2.31 bits per heavy atom. The molecular formula is C23H29NO2. The predicted octanol–water partition coefficient (Wildman–Crippen LogP) is 4.70. The van der Waals surface area contributed by atoms with Crippen LogP contribution < -0.4 is 0 Å². The van der Waals surface area contributed by atoms with Crippen LogP contribution in [0.15, 0.2) is 54.6 Å². The summed E-state index contributed by atoms with van der Waals surface area (Å²) in [6, 6.07) is 19.4. The maximum Gasteiger partial charge on any atom is 0.249 e. The average molecular weight is 351 g/mol. The van der Waals surface area contributed by atoms with Gasteiger partial charge in [0.15, 0.2) is 0 Å². The number of aryl methyl sites for hydroxylation is 1. The number of ether oxygens (including phenoxy) is 1. The first kappa shape index (κ1) is 18.7. The molecule has 1 aliphatic rings. The SMILES string of the molecule is COCC(=O)N(Cc1ccccc1C)C1CCC(c2ccccc2)CC1. The van der Waals surface area contributed by atoms with Gasteiger partial charge in [-0.15, -0.1) is 0 Å². The molecule has 1 saturated carbocycles. The Labute approximate surface area is 157 Å². The third-order valence-corrected chi connectivity index (χ3v) is 5.60. The van der Waals surface area contributed by atoms with E-state index in [9.17, 15) is 4.79 Å². The van der Waals surface area contributed by atoms with Crippen molar-refractivity contribution in [2.75, 3.05) is 13.7 Å². The third-order valence-electron chi connectivity index (χ3n) is 5.60. The van der Waals surface area contributed by atoms with E-state index in [1.54, 1.807) is 7.11 Å². The summed E-state index contributed by atoms with van der Waals surface area (Å²) in [7, 11) is 1.59. The van der Waals surface area contributed by atoms with Crippen LogP contribution >= 0.6 is 0 Å². The molecule has 2 aromatic rings. The minimum atomic E-state index is 0.0962. The summed E-state index contributed by atoms with van der Waals surface area (Å²) in [4.78, 5) is 14.8. The van der Waals surface area contributed by atoms with Crippen LogP contribution in [-0.4, -0.2) is 30.6 Å². The molecule has 26 heavy (non-hydrogen) atoms. The molecule has 0 radical (unpaired) electrons. The molecule has 2 aromatic carbocycles. The fourth-order valence-corrected chi connectivity index (χ4v) is 4.04. The van der Waals surface area contributed by atoms with Crippen LogP contribution in [0.4, 0.5) is 0 Å². The van der Waals surface area contributed by atoms with E-state index in [0.717, 1.165) is 25.7 Å². The van der Waals surface area contributed by atoms with Gasteiger partial charge >= 0.3 is 0 Å². The van der Waals surface area contributed by atoms with Crippen molar-refractivity contribution in [2.45, 2.75) is 51.1 Å². The predicted molar refractivity (Wildman–Crippen MR) is 105 cm³/mol. The molecule has 138 valence electrons. The molecule has 0 bridgehead atoms. The Balaban J connectivity index is 1.70. The van der Waals surface area contributed by atoms with Gasteiger partial charge in [-0.2, -0.15) is 0 Å². The third kappa shape index (κ3) is 4.53. The molecule has 0 aliphatic heterocycles. The van der Waals surface area contributed by atoms with E-state index in [-0.39, 0.29) is 12.5 Å². The van der Waals surface area contributed by atoms with Crippen molar-refractivity contribution >= 4 is 5.91 Å². The number of carbonyl (C=O) groups excluding carboxylic acids is 1. The largest absolute Gasteiger partial charge is 0.375 e. The number of methoxy groups -OCH3 is 1. The zero-order valence-corrected chi connectivity index (χ0v) is 15.9. The minimum absolute atomic E-state index is 0.0962. The fraction of sp³-hybridized carbons (Fsp3) is 0.435. The molecule has 1 amide bonds. The van der Waals surface area contributed by atoms with Crippen LogP contribution in [0, 0.1) is 6.92 Å². The number of hydrogen-bond donors (Lipinski definition) is 0. The van der Waals surface area contributed by atoms with Gasteiger partial charge in [0.2, 0.25) is 5.91 Å². The van der Waals surface area contributed by atoms with E-state index >= 15 is 0 Å². The van der Waals surface area contributed by atoms with Crippen LogP contribution in [0.25, 0.3) is 0 Å². The number of nitrogens with zero attached hydrogens (tertiary/aromatic N) is 1. The second-order valence-corrected chi connectivity index (χ2v) is 7.30. The zero-order chi connectivity index (χ0) is 18.4. The topological polar surface area (TPSA) is 29.5 Å². The molecular weight excluding hydrogens is 322 g/mol. The number of amides is 1. The lowest BCUT2D eigenvalue weighted by atomic mass is 9.81. The zero-order valence-electron chi connectivity index (χ0n) is 15.9. The van der Waals surface area contributed by atoms with Crippen molar-refractivity contribution in [3.63, 3.8) is 0 Å². The Bertz CT molecular complexity index is 705. The second-order valence-electron chi connectivity index (χ2n) is 7.30. The first-order valence-corrected chi connectivity index (χ1v) is 9.57. The molecule has 0 spiro atoms. The Morgan fingerprint density at radius 1 is 1.00 bits per heavy atom. The van der Waals surface area contributed by atoms with Gasteiger partial charge in [-0.05, 0) is 55.2 Å². The molecule has 3 nitrogen and oxygen atoms in total. The van der Waals surface area contributed by atoms with E-state index < -0.39 is 0 Å². The van der Waals surface area contributed by atoms with Crippen molar-refractivity contribution in [1.82, 2.24) is 4.90 Å². The summed E-state index contributed by atoms with van der Waals surface area (Å²) in [5, 5.41) is 0. The standard InChI is InChI=1S/C23H29NO2/c1-18-8-6-7-11-21(18)16-24(23(25)17-26-2)22-14-12-20(13-15-22)19-9-4-3-5-10-19/h3-11,20,22H,12-17H2,1-2H3. The molecule has 0 heterocycles. The highest BCUT2D eigenvalue weighted by Gasteiger charge is 2.29. The lowest BCUT2D eigenvalue weighted by Gasteiger charge is -2.37. The molecule has 1 aliphatic carbocycles. The average Bonchev–Trinajstić information content (AvgIpc) is 2.68. The van der Waals surface area contributed by atoms with Gasteiger partial charge in [0.1, 0.15) is 6.61 Å². The minimum Gasteiger partial charge on any atom is -0.375 e. The number of carbonyl (C=O) groups is 1. The quantitative estimate of drug-likeness (QED) is 0.755. The Hall–Kier alpha value is -2.13. The summed E-state index contributed by atoms with van der Waals surface area (Å²) >= 11 is 0. The van der Waals surface area contributed by atoms with E-state index in [1.165, 1.54) is 16.7 Å². The van der Waals surface area contributed by atoms with E-state index in [4.69, 9.17) is 4.74 Å². The summed E-state index contributed by atoms with van der Waals surface area (Å²) in [6.07, 6.45) is 4.39. The van der Waals surface area contributed by atoms with Crippen molar-refractivity contribution in [3.8, 4) is 0 Å². The molecule has 0 atom stereocenters. The summed E-state index contributed by atoms with van der Waals surface area (Å²) in [5.41, 5.74) is 3.89. The number of rotatable bonds is 6. The van der Waals surface area contributed by atoms with E-state index in [0.29, 0.717) is 18.5 Å². The maximum atomic E-state index is 12.7. The molecule has 0 aromatic heterocycles. The van der Waals surface area contributed by atoms with Crippen LogP contribution in [0.3, 0.4) is 0 Å². The van der Waals surface area contributed by atoms with Gasteiger partial charge in [0, 0.05) is 19.7 Å². The van der Waals surface area contributed by atoms with E-state index in [2.05, 4.69) is 49.4 Å². The van der Waals surface area contributed by atoms with Gasteiger partial charge in [0.25, 0.3) is 0 Å². The van der Waals surface area contributed by atoms with Gasteiger partial charge in [-0.3, -0.25) is 4.79 Å². The summed E-state index contributed by atoms with van der Waals surface area (Å²) in [6.45, 7) is 2.95. The van der Waals surface area contributed by atoms with Gasteiger partial charge in [-0.1, -0.05) is 54.6 Å². The van der Waals surface area contributed by atoms with Crippen molar-refractivity contribution in [2.24, 2.45) is 0 Å². The smallest absolute Gasteiger partial charge is 0.249 e. The first-order chi connectivity index (χ1) is 12.7. The van der Waals surface area contributed by atoms with Crippen LogP contribution in [0.5, 0.6) is 0 Å². The molecule has 0 unspecified atom stereocenters. The lowest BCUT2D eigenvalue weighted by Crippen LogP contribution is -2.43. The molecule has 3 rings (SSSR count). The summed E-state index contributed by atoms with van der Waals surface area (Å²) in [5.74, 6) is 0.712. The first-order valence-electron chi connectivity index (χ1n) is 9.57. The fourth-order valence-electron chi connectivity index (χ4n) is 4.04. The highest BCUT2D eigenvalue weighted by atomic mass is 16.5. The van der Waals surface area contributed by atoms with Gasteiger partial charge in [0.05, 0.1) is 0 Å². The molecule has 3 heteroatoms. The monoisotopic (exact) mass is 351 g/mol. The van der Waals surface area contributed by atoms with Crippen molar-refractivity contribution < 1.29 is 9.53 Å². The van der Waals surface area contributed by atoms with Crippen molar-refractivity contribution in [3.05, 3.63) is 71.3 Å².